The zero-order chi connectivity index (χ0) is 14.7. The van der Waals surface area contributed by atoms with Gasteiger partial charge in [-0.25, -0.2) is 4.79 Å². The molecule has 2 saturated carbocycles. The smallest absolute Gasteiger partial charge is 0.334 e. The fourth-order valence-electron chi connectivity index (χ4n) is 4.22. The van der Waals surface area contributed by atoms with Crippen LogP contribution < -0.4 is 0 Å². The van der Waals surface area contributed by atoms with Gasteiger partial charge in [0.25, 0.3) is 0 Å². The molecule has 0 amide bonds. The quantitative estimate of drug-likeness (QED) is 0.543. The highest BCUT2D eigenvalue weighted by molar-refractivity contribution is 5.89. The maximum absolute atomic E-state index is 12.5. The number of carbonyl (C=O) groups is 1. The molecule has 2 heteroatoms. The van der Waals surface area contributed by atoms with E-state index in [0.29, 0.717) is 5.92 Å². The topological polar surface area (TPSA) is 26.3 Å². The Morgan fingerprint density at radius 1 is 1.00 bits per heavy atom. The minimum absolute atomic E-state index is 0.0603. The molecule has 2 nitrogen and oxygen atoms in total. The maximum Gasteiger partial charge on any atom is 0.334 e. The second-order valence-corrected chi connectivity index (χ2v) is 7.15. The molecule has 20 heavy (non-hydrogen) atoms. The zero-order valence-electron chi connectivity index (χ0n) is 13.6. The summed E-state index contributed by atoms with van der Waals surface area (Å²) < 4.78 is 5.92. The third-order valence-corrected chi connectivity index (χ3v) is 5.11. The van der Waals surface area contributed by atoms with Gasteiger partial charge in [-0.15, -0.1) is 0 Å². The summed E-state index contributed by atoms with van der Waals surface area (Å²) in [4.78, 5) is 12.5. The molecule has 3 atom stereocenters. The van der Waals surface area contributed by atoms with Crippen molar-refractivity contribution in [3.05, 3.63) is 11.1 Å². The Hall–Kier alpha value is -0.790. The van der Waals surface area contributed by atoms with E-state index in [9.17, 15) is 4.79 Å². The van der Waals surface area contributed by atoms with Crippen molar-refractivity contribution in [1.82, 2.24) is 0 Å². The molecule has 2 aliphatic carbocycles. The van der Waals surface area contributed by atoms with Gasteiger partial charge in [-0.3, -0.25) is 0 Å². The van der Waals surface area contributed by atoms with Crippen molar-refractivity contribution in [1.29, 1.82) is 0 Å². The molecule has 0 radical (unpaired) electrons. The summed E-state index contributed by atoms with van der Waals surface area (Å²) in [6.07, 6.45) is 9.16. The summed E-state index contributed by atoms with van der Waals surface area (Å²) in [5.41, 5.74) is 1.97. The fraction of sp³-hybridized carbons (Fsp3) is 0.833. The number of allylic oxidation sites excluding steroid dienone is 1. The average Bonchev–Trinajstić information content (AvgIpc) is 2.59. The zero-order valence-corrected chi connectivity index (χ0v) is 13.6. The van der Waals surface area contributed by atoms with Crippen LogP contribution in [0.2, 0.25) is 0 Å². The molecule has 0 aromatic rings. The van der Waals surface area contributed by atoms with Crippen LogP contribution >= 0.6 is 0 Å². The number of hydrogen-bond acceptors (Lipinski definition) is 2. The Labute approximate surface area is 124 Å². The first-order valence-corrected chi connectivity index (χ1v) is 8.39. The number of esters is 1. The minimum Gasteiger partial charge on any atom is -0.459 e. The lowest BCUT2D eigenvalue weighted by Crippen LogP contribution is -2.27. The van der Waals surface area contributed by atoms with Gasteiger partial charge in [0.1, 0.15) is 6.10 Å². The van der Waals surface area contributed by atoms with E-state index in [0.717, 1.165) is 23.5 Å². The van der Waals surface area contributed by atoms with Gasteiger partial charge in [-0.2, -0.15) is 0 Å². The molecule has 0 spiro atoms. The van der Waals surface area contributed by atoms with Crippen LogP contribution in [0.15, 0.2) is 11.1 Å². The Morgan fingerprint density at radius 3 is 2.35 bits per heavy atom. The first-order valence-electron chi connectivity index (χ1n) is 8.39. The molecule has 3 unspecified atom stereocenters. The summed E-state index contributed by atoms with van der Waals surface area (Å²) in [6.45, 7) is 8.18. The van der Waals surface area contributed by atoms with E-state index in [4.69, 9.17) is 4.74 Å². The summed E-state index contributed by atoms with van der Waals surface area (Å²) in [5, 5.41) is 0. The van der Waals surface area contributed by atoms with Crippen LogP contribution in [0.4, 0.5) is 0 Å². The lowest BCUT2D eigenvalue weighted by molar-refractivity contribution is -0.147. The van der Waals surface area contributed by atoms with Gasteiger partial charge in [0.05, 0.1) is 0 Å². The van der Waals surface area contributed by atoms with Crippen molar-refractivity contribution in [2.75, 3.05) is 0 Å². The molecule has 0 bridgehead atoms. The average molecular weight is 278 g/mol. The fourth-order valence-corrected chi connectivity index (χ4v) is 4.22. The van der Waals surface area contributed by atoms with E-state index in [1.54, 1.807) is 0 Å². The van der Waals surface area contributed by atoms with E-state index in [-0.39, 0.29) is 18.0 Å². The van der Waals surface area contributed by atoms with Crippen molar-refractivity contribution in [3.8, 4) is 0 Å². The summed E-state index contributed by atoms with van der Waals surface area (Å²) in [7, 11) is 0. The minimum atomic E-state index is -0.0603. The molecule has 2 fully saturated rings. The lowest BCUT2D eigenvalue weighted by Gasteiger charge is -2.24. The first kappa shape index (κ1) is 15.6. The highest BCUT2D eigenvalue weighted by Gasteiger charge is 2.39. The number of hydrogen-bond donors (Lipinski definition) is 0. The Bertz CT molecular complexity index is 377. The van der Waals surface area contributed by atoms with E-state index in [2.05, 4.69) is 13.8 Å². The molecule has 0 aliphatic heterocycles. The molecule has 2 rings (SSSR count). The van der Waals surface area contributed by atoms with Gasteiger partial charge in [-0.05, 0) is 50.9 Å². The number of rotatable bonds is 3. The number of ether oxygens (including phenoxy) is 1. The molecule has 0 aromatic heterocycles. The Kier molecular flexibility index (Phi) is 5.29. The van der Waals surface area contributed by atoms with Gasteiger partial charge in [-0.1, -0.05) is 45.1 Å². The second-order valence-electron chi connectivity index (χ2n) is 7.15. The highest BCUT2D eigenvalue weighted by Crippen LogP contribution is 2.42. The third kappa shape index (κ3) is 3.45. The normalized spacial score (nSPS) is 29.8. The van der Waals surface area contributed by atoms with Crippen LogP contribution in [0.1, 0.15) is 72.6 Å². The van der Waals surface area contributed by atoms with Gasteiger partial charge in [0.15, 0.2) is 0 Å². The van der Waals surface area contributed by atoms with Crippen LogP contribution in [-0.2, 0) is 9.53 Å². The molecule has 0 saturated heterocycles. The Morgan fingerprint density at radius 2 is 1.70 bits per heavy atom. The van der Waals surface area contributed by atoms with Crippen LogP contribution in [0.5, 0.6) is 0 Å². The van der Waals surface area contributed by atoms with Gasteiger partial charge in [0, 0.05) is 5.57 Å². The van der Waals surface area contributed by atoms with Crippen molar-refractivity contribution in [2.45, 2.75) is 78.7 Å². The number of fused-ring (bicyclic) bond motifs is 1. The second kappa shape index (κ2) is 6.78. The summed E-state index contributed by atoms with van der Waals surface area (Å²) >= 11 is 0. The number of carbonyl (C=O) groups excluding carboxylic acids is 1. The van der Waals surface area contributed by atoms with Crippen LogP contribution in [0.3, 0.4) is 0 Å². The summed E-state index contributed by atoms with van der Waals surface area (Å²) in [5.74, 6) is 1.63. The molecule has 0 heterocycles. The molecule has 2 aliphatic rings. The van der Waals surface area contributed by atoms with E-state index in [1.165, 1.54) is 38.5 Å². The standard InChI is InChI=1S/C18H30O2/c1-12(2)17(13(3)4)18(19)20-16-11-10-14-8-6-5-7-9-15(14)16/h12,14-16H,5-11H2,1-4H3. The van der Waals surface area contributed by atoms with Crippen molar-refractivity contribution in [3.63, 3.8) is 0 Å². The predicted molar refractivity (Wildman–Crippen MR) is 82.4 cm³/mol. The first-order chi connectivity index (χ1) is 9.50. The van der Waals surface area contributed by atoms with E-state index < -0.39 is 0 Å². The lowest BCUT2D eigenvalue weighted by atomic mass is 9.90. The predicted octanol–water partition coefficient (Wildman–Crippen LogP) is 4.88. The van der Waals surface area contributed by atoms with Crippen LogP contribution in [-0.4, -0.2) is 12.1 Å². The summed E-state index contributed by atoms with van der Waals surface area (Å²) in [6, 6.07) is 0. The monoisotopic (exact) mass is 278 g/mol. The van der Waals surface area contributed by atoms with Crippen molar-refractivity contribution in [2.24, 2.45) is 17.8 Å². The van der Waals surface area contributed by atoms with Gasteiger partial charge in [0.2, 0.25) is 0 Å². The SMILES string of the molecule is CC(C)=C(C(=O)OC1CCC2CCCCCC21)C(C)C. The largest absolute Gasteiger partial charge is 0.459 e. The maximum atomic E-state index is 12.5. The Balaban J connectivity index is 2.02. The van der Waals surface area contributed by atoms with Crippen LogP contribution in [0, 0.1) is 17.8 Å². The molecule has 0 aromatic carbocycles. The highest BCUT2D eigenvalue weighted by atomic mass is 16.5. The van der Waals surface area contributed by atoms with Gasteiger partial charge < -0.3 is 4.74 Å². The van der Waals surface area contributed by atoms with E-state index in [1.807, 2.05) is 13.8 Å². The molecular weight excluding hydrogens is 248 g/mol. The van der Waals surface area contributed by atoms with Gasteiger partial charge >= 0.3 is 5.97 Å². The molecular formula is C18H30O2. The van der Waals surface area contributed by atoms with Crippen molar-refractivity contribution < 1.29 is 9.53 Å². The van der Waals surface area contributed by atoms with Crippen molar-refractivity contribution >= 4 is 5.97 Å². The molecule has 114 valence electrons. The van der Waals surface area contributed by atoms with Crippen LogP contribution in [0.25, 0.3) is 0 Å². The van der Waals surface area contributed by atoms with E-state index >= 15 is 0 Å². The third-order valence-electron chi connectivity index (χ3n) is 5.11. The molecule has 0 N–H and O–H groups in total.